The van der Waals surface area contributed by atoms with Crippen molar-refractivity contribution in [1.29, 1.82) is 0 Å². The predicted molar refractivity (Wildman–Crippen MR) is 92.5 cm³/mol. The van der Waals surface area contributed by atoms with Crippen LogP contribution >= 0.6 is 0 Å². The Bertz CT molecular complexity index is 997. The van der Waals surface area contributed by atoms with Gasteiger partial charge in [0.05, 0.1) is 0 Å². The molecule has 5 rings (SSSR count). The van der Waals surface area contributed by atoms with Crippen molar-refractivity contribution in [3.63, 3.8) is 0 Å². The summed E-state index contributed by atoms with van der Waals surface area (Å²) in [6.07, 6.45) is 3.74. The van der Waals surface area contributed by atoms with Gasteiger partial charge in [-0.25, -0.2) is 4.98 Å². The summed E-state index contributed by atoms with van der Waals surface area (Å²) in [5, 5.41) is 8.80. The number of hydrogen-bond donors (Lipinski definition) is 0. The Morgan fingerprint density at radius 2 is 1.50 bits per heavy atom. The number of rotatable bonds is 2. The van der Waals surface area contributed by atoms with Gasteiger partial charge < -0.3 is 4.90 Å². The van der Waals surface area contributed by atoms with Gasteiger partial charge in [0.25, 0.3) is 0 Å². The van der Waals surface area contributed by atoms with Crippen LogP contribution in [0.4, 0.5) is 5.82 Å². The third-order valence-corrected chi connectivity index (χ3v) is 4.48. The maximum absolute atomic E-state index is 4.58. The zero-order valence-electron chi connectivity index (χ0n) is 13.0. The van der Waals surface area contributed by atoms with E-state index in [1.54, 1.807) is 0 Å². The average Bonchev–Trinajstić information content (AvgIpc) is 3.26. The molecule has 0 saturated heterocycles. The van der Waals surface area contributed by atoms with E-state index in [0.29, 0.717) is 0 Å². The lowest BCUT2D eigenvalue weighted by Gasteiger charge is -2.16. The highest BCUT2D eigenvalue weighted by molar-refractivity contribution is 5.69. The van der Waals surface area contributed by atoms with E-state index in [4.69, 9.17) is 0 Å². The Balaban J connectivity index is 1.61. The van der Waals surface area contributed by atoms with E-state index in [1.807, 2.05) is 47.1 Å². The second kappa shape index (κ2) is 5.16. The molecule has 4 aromatic rings. The molecule has 5 nitrogen and oxygen atoms in total. The fourth-order valence-electron chi connectivity index (χ4n) is 3.30. The first-order valence-electron chi connectivity index (χ1n) is 7.97. The lowest BCUT2D eigenvalue weighted by molar-refractivity contribution is 0.852. The molecule has 24 heavy (non-hydrogen) atoms. The molecule has 2 aromatic carbocycles. The molecule has 5 heteroatoms. The fourth-order valence-corrected chi connectivity index (χ4v) is 3.30. The molecule has 0 aliphatic carbocycles. The van der Waals surface area contributed by atoms with Gasteiger partial charge in [0.1, 0.15) is 0 Å². The molecule has 1 aliphatic heterocycles. The SMILES string of the molecule is c1ccc(-c2nnc3c(N4Cc5ccccc5C4)nccn23)cc1. The first-order valence-corrected chi connectivity index (χ1v) is 7.97. The quantitative estimate of drug-likeness (QED) is 0.569. The van der Waals surface area contributed by atoms with Gasteiger partial charge in [-0.05, 0) is 11.1 Å². The predicted octanol–water partition coefficient (Wildman–Crippen LogP) is 3.31. The van der Waals surface area contributed by atoms with Crippen LogP contribution < -0.4 is 4.90 Å². The van der Waals surface area contributed by atoms with E-state index in [0.717, 1.165) is 35.9 Å². The fraction of sp³-hybridized carbons (Fsp3) is 0.105. The molecule has 0 bridgehead atoms. The number of fused-ring (bicyclic) bond motifs is 2. The third kappa shape index (κ3) is 1.98. The molecule has 0 amide bonds. The standard InChI is InChI=1S/C19H15N5/c1-2-6-14(7-3-1)17-21-22-19-18(20-10-11-24(17)19)23-12-15-8-4-5-9-16(15)13-23/h1-11H,12-13H2. The molecule has 1 aliphatic rings. The third-order valence-electron chi connectivity index (χ3n) is 4.48. The van der Waals surface area contributed by atoms with Crippen molar-refractivity contribution in [2.24, 2.45) is 0 Å². The smallest absolute Gasteiger partial charge is 0.204 e. The second-order valence-electron chi connectivity index (χ2n) is 5.96. The van der Waals surface area contributed by atoms with E-state index in [2.05, 4.69) is 44.3 Å². The molecule has 0 spiro atoms. The second-order valence-corrected chi connectivity index (χ2v) is 5.96. The minimum Gasteiger partial charge on any atom is -0.345 e. The minimum atomic E-state index is 0.796. The van der Waals surface area contributed by atoms with Crippen molar-refractivity contribution in [1.82, 2.24) is 19.6 Å². The molecular formula is C19H15N5. The molecule has 0 saturated carbocycles. The van der Waals surface area contributed by atoms with Crippen molar-refractivity contribution in [2.45, 2.75) is 13.1 Å². The lowest BCUT2D eigenvalue weighted by Crippen LogP contribution is -2.17. The maximum atomic E-state index is 4.58. The Morgan fingerprint density at radius 1 is 0.792 bits per heavy atom. The van der Waals surface area contributed by atoms with E-state index >= 15 is 0 Å². The van der Waals surface area contributed by atoms with Gasteiger partial charge in [-0.3, -0.25) is 4.40 Å². The van der Waals surface area contributed by atoms with Gasteiger partial charge in [0, 0.05) is 31.0 Å². The molecular weight excluding hydrogens is 298 g/mol. The summed E-state index contributed by atoms with van der Waals surface area (Å²) < 4.78 is 2.01. The maximum Gasteiger partial charge on any atom is 0.204 e. The summed E-state index contributed by atoms with van der Waals surface area (Å²) in [5.74, 6) is 1.72. The van der Waals surface area contributed by atoms with Crippen LogP contribution in [-0.4, -0.2) is 19.6 Å². The minimum absolute atomic E-state index is 0.796. The monoisotopic (exact) mass is 313 g/mol. The van der Waals surface area contributed by atoms with Crippen LogP contribution in [0.5, 0.6) is 0 Å². The number of anilines is 1. The summed E-state index contributed by atoms with van der Waals surface area (Å²) >= 11 is 0. The largest absolute Gasteiger partial charge is 0.345 e. The molecule has 0 fully saturated rings. The van der Waals surface area contributed by atoms with Crippen LogP contribution in [0.2, 0.25) is 0 Å². The van der Waals surface area contributed by atoms with E-state index in [9.17, 15) is 0 Å². The van der Waals surface area contributed by atoms with E-state index in [-0.39, 0.29) is 0 Å². The molecule has 0 atom stereocenters. The van der Waals surface area contributed by atoms with Gasteiger partial charge in [0.2, 0.25) is 5.65 Å². The highest BCUT2D eigenvalue weighted by Gasteiger charge is 2.23. The highest BCUT2D eigenvalue weighted by atomic mass is 15.3. The summed E-state index contributed by atoms with van der Waals surface area (Å²) in [6, 6.07) is 18.6. The van der Waals surface area contributed by atoms with E-state index < -0.39 is 0 Å². The summed E-state index contributed by atoms with van der Waals surface area (Å²) in [5.41, 5.74) is 4.55. The lowest BCUT2D eigenvalue weighted by atomic mass is 10.1. The Kier molecular flexibility index (Phi) is 2.85. The van der Waals surface area contributed by atoms with Crippen LogP contribution in [0.15, 0.2) is 67.0 Å². The van der Waals surface area contributed by atoms with Crippen LogP contribution in [0.1, 0.15) is 11.1 Å². The Labute approximate surface area is 139 Å². The Hall–Kier alpha value is -3.21. The first kappa shape index (κ1) is 13.2. The molecule has 0 N–H and O–H groups in total. The van der Waals surface area contributed by atoms with Gasteiger partial charge in [-0.2, -0.15) is 0 Å². The summed E-state index contributed by atoms with van der Waals surface area (Å²) in [7, 11) is 0. The van der Waals surface area contributed by atoms with Crippen molar-refractivity contribution >= 4 is 11.5 Å². The number of aromatic nitrogens is 4. The number of benzene rings is 2. The van der Waals surface area contributed by atoms with Gasteiger partial charge in [0.15, 0.2) is 11.6 Å². The van der Waals surface area contributed by atoms with Gasteiger partial charge >= 0.3 is 0 Å². The summed E-state index contributed by atoms with van der Waals surface area (Å²) in [4.78, 5) is 6.83. The van der Waals surface area contributed by atoms with Crippen LogP contribution in [0.25, 0.3) is 17.0 Å². The van der Waals surface area contributed by atoms with Crippen LogP contribution in [0.3, 0.4) is 0 Å². The van der Waals surface area contributed by atoms with Crippen molar-refractivity contribution in [2.75, 3.05) is 4.90 Å². The molecule has 3 heterocycles. The van der Waals surface area contributed by atoms with Gasteiger partial charge in [-0.1, -0.05) is 54.6 Å². The topological polar surface area (TPSA) is 46.3 Å². The molecule has 0 radical (unpaired) electrons. The van der Waals surface area contributed by atoms with E-state index in [1.165, 1.54) is 11.1 Å². The highest BCUT2D eigenvalue weighted by Crippen LogP contribution is 2.30. The molecule has 2 aromatic heterocycles. The summed E-state index contributed by atoms with van der Waals surface area (Å²) in [6.45, 7) is 1.72. The van der Waals surface area contributed by atoms with Crippen LogP contribution in [-0.2, 0) is 13.1 Å². The number of hydrogen-bond acceptors (Lipinski definition) is 4. The van der Waals surface area contributed by atoms with Gasteiger partial charge in [-0.15, -0.1) is 10.2 Å². The van der Waals surface area contributed by atoms with Crippen LogP contribution in [0, 0.1) is 0 Å². The average molecular weight is 313 g/mol. The van der Waals surface area contributed by atoms with Crippen molar-refractivity contribution in [3.8, 4) is 11.4 Å². The number of nitrogens with zero attached hydrogens (tertiary/aromatic N) is 5. The normalized spacial score (nSPS) is 13.4. The molecule has 116 valence electrons. The Morgan fingerprint density at radius 3 is 2.25 bits per heavy atom. The van der Waals surface area contributed by atoms with Crippen molar-refractivity contribution in [3.05, 3.63) is 78.1 Å². The molecule has 0 unspecified atom stereocenters. The zero-order chi connectivity index (χ0) is 15.9. The zero-order valence-corrected chi connectivity index (χ0v) is 13.0. The van der Waals surface area contributed by atoms with Crippen molar-refractivity contribution < 1.29 is 0 Å². The first-order chi connectivity index (χ1) is 11.9.